The zero-order valence-electron chi connectivity index (χ0n) is 19.0. The molecule has 38 heavy (non-hydrogen) atoms. The molecule has 6 aromatic carbocycles. The summed E-state index contributed by atoms with van der Waals surface area (Å²) in [7, 11) is 0. The highest BCUT2D eigenvalue weighted by Gasteiger charge is 2.23. The summed E-state index contributed by atoms with van der Waals surface area (Å²) in [6, 6.07) is 14.5. The van der Waals surface area contributed by atoms with Gasteiger partial charge in [0.15, 0.2) is 46.5 Å². The summed E-state index contributed by atoms with van der Waals surface area (Å²) in [5.41, 5.74) is 1.02. The topological polar surface area (TPSA) is 0 Å². The van der Waals surface area contributed by atoms with Crippen LogP contribution in [-0.2, 0) is 0 Å². The fourth-order valence-electron chi connectivity index (χ4n) is 4.91. The van der Waals surface area contributed by atoms with E-state index in [4.69, 9.17) is 0 Å². The van der Waals surface area contributed by atoms with Crippen LogP contribution in [0.1, 0.15) is 11.1 Å². The van der Waals surface area contributed by atoms with Gasteiger partial charge in [0, 0.05) is 21.5 Å². The van der Waals surface area contributed by atoms with Crippen molar-refractivity contribution >= 4 is 55.2 Å². The quantitative estimate of drug-likeness (QED) is 0.0696. The van der Waals surface area contributed by atoms with Crippen molar-refractivity contribution in [1.29, 1.82) is 0 Å². The van der Waals surface area contributed by atoms with E-state index in [0.717, 1.165) is 12.1 Å². The van der Waals surface area contributed by atoms with Gasteiger partial charge in [-0.15, -0.1) is 0 Å². The lowest BCUT2D eigenvalue weighted by molar-refractivity contribution is 0.418. The molecule has 0 aromatic heterocycles. The highest BCUT2D eigenvalue weighted by atomic mass is 19.2. The van der Waals surface area contributed by atoms with Crippen LogP contribution in [0.5, 0.6) is 0 Å². The van der Waals surface area contributed by atoms with E-state index >= 15 is 0 Å². The van der Waals surface area contributed by atoms with E-state index in [1.165, 1.54) is 36.4 Å². The molecule has 0 heterocycles. The van der Waals surface area contributed by atoms with E-state index in [9.17, 15) is 35.1 Å². The SMILES string of the molecule is Fc1c(F)c(F)c2c(ccc3c(/C=C/c4cccc5c4ccc4c(F)c(F)c(F)c(F)c45)cccc32)c1F. The maximum atomic E-state index is 14.7. The monoisotopic (exact) mass is 524 g/mol. The first-order valence-electron chi connectivity index (χ1n) is 11.2. The molecule has 0 aliphatic heterocycles. The van der Waals surface area contributed by atoms with E-state index in [1.54, 1.807) is 24.3 Å². The average Bonchev–Trinajstić information content (AvgIpc) is 2.94. The van der Waals surface area contributed by atoms with Crippen LogP contribution >= 0.6 is 0 Å². The van der Waals surface area contributed by atoms with Gasteiger partial charge in [0.25, 0.3) is 0 Å². The van der Waals surface area contributed by atoms with Crippen molar-refractivity contribution < 1.29 is 35.1 Å². The number of rotatable bonds is 2. The lowest BCUT2D eigenvalue weighted by atomic mass is 9.95. The van der Waals surface area contributed by atoms with Crippen LogP contribution in [0.4, 0.5) is 35.1 Å². The molecule has 0 nitrogen and oxygen atoms in total. The summed E-state index contributed by atoms with van der Waals surface area (Å²) in [4.78, 5) is 0. The Kier molecular flexibility index (Phi) is 5.38. The molecule has 0 spiro atoms. The van der Waals surface area contributed by atoms with Gasteiger partial charge in [0.2, 0.25) is 0 Å². The Morgan fingerprint density at radius 3 is 1.05 bits per heavy atom. The van der Waals surface area contributed by atoms with Crippen molar-refractivity contribution in [3.05, 3.63) is 118 Å². The van der Waals surface area contributed by atoms with Crippen LogP contribution < -0.4 is 0 Å². The Balaban J connectivity index is 1.56. The summed E-state index contributed by atoms with van der Waals surface area (Å²) < 4.78 is 113. The van der Waals surface area contributed by atoms with Crippen molar-refractivity contribution in [3.63, 3.8) is 0 Å². The predicted molar refractivity (Wildman–Crippen MR) is 132 cm³/mol. The summed E-state index contributed by atoms with van der Waals surface area (Å²) in [5, 5.41) is -0.496. The summed E-state index contributed by atoms with van der Waals surface area (Å²) in [6.45, 7) is 0. The summed E-state index contributed by atoms with van der Waals surface area (Å²) in [5.74, 6) is -13.6. The minimum absolute atomic E-state index is 0.152. The van der Waals surface area contributed by atoms with Crippen LogP contribution in [0.3, 0.4) is 0 Å². The van der Waals surface area contributed by atoms with Gasteiger partial charge in [-0.25, -0.2) is 35.1 Å². The second-order valence-electron chi connectivity index (χ2n) is 8.71. The van der Waals surface area contributed by atoms with Crippen LogP contribution in [0, 0.1) is 46.5 Å². The minimum Gasteiger partial charge on any atom is -0.203 e. The van der Waals surface area contributed by atoms with Gasteiger partial charge in [-0.3, -0.25) is 0 Å². The molecule has 6 aromatic rings. The number of hydrogen-bond donors (Lipinski definition) is 0. The molecule has 0 saturated heterocycles. The molecule has 0 aliphatic carbocycles. The Bertz CT molecular complexity index is 1860. The van der Waals surface area contributed by atoms with Gasteiger partial charge in [0.1, 0.15) is 0 Å². The first-order chi connectivity index (χ1) is 18.2. The van der Waals surface area contributed by atoms with Crippen molar-refractivity contribution in [2.75, 3.05) is 0 Å². The smallest absolute Gasteiger partial charge is 0.198 e. The third-order valence-corrected chi connectivity index (χ3v) is 6.70. The Hall–Kier alpha value is -4.46. The molecule has 0 fully saturated rings. The fraction of sp³-hybridized carbons (Fsp3) is 0. The largest absolute Gasteiger partial charge is 0.203 e. The molecule has 188 valence electrons. The van der Waals surface area contributed by atoms with E-state index in [1.807, 2.05) is 0 Å². The average molecular weight is 524 g/mol. The fourth-order valence-corrected chi connectivity index (χ4v) is 4.91. The van der Waals surface area contributed by atoms with Gasteiger partial charge < -0.3 is 0 Å². The zero-order chi connectivity index (χ0) is 26.9. The molecular weight excluding hydrogens is 512 g/mol. The van der Waals surface area contributed by atoms with E-state index in [0.29, 0.717) is 21.9 Å². The maximum Gasteiger partial charge on any atom is 0.198 e. The molecule has 0 N–H and O–H groups in total. The van der Waals surface area contributed by atoms with Gasteiger partial charge in [-0.2, -0.15) is 0 Å². The Morgan fingerprint density at radius 2 is 0.658 bits per heavy atom. The molecule has 0 atom stereocenters. The third kappa shape index (κ3) is 3.29. The Labute approximate surface area is 209 Å². The molecule has 0 radical (unpaired) electrons. The Morgan fingerprint density at radius 1 is 0.316 bits per heavy atom. The van der Waals surface area contributed by atoms with Crippen LogP contribution in [0.2, 0.25) is 0 Å². The normalized spacial score (nSPS) is 12.1. The van der Waals surface area contributed by atoms with Gasteiger partial charge in [-0.1, -0.05) is 72.8 Å². The van der Waals surface area contributed by atoms with Crippen molar-refractivity contribution in [3.8, 4) is 0 Å². The minimum atomic E-state index is -1.91. The number of hydrogen-bond acceptors (Lipinski definition) is 0. The second kappa shape index (κ2) is 8.55. The number of halogens is 8. The number of fused-ring (bicyclic) bond motifs is 6. The highest BCUT2D eigenvalue weighted by molar-refractivity contribution is 6.12. The van der Waals surface area contributed by atoms with Crippen LogP contribution in [0.15, 0.2) is 60.7 Å². The molecule has 0 saturated carbocycles. The zero-order valence-corrected chi connectivity index (χ0v) is 19.0. The van der Waals surface area contributed by atoms with Crippen molar-refractivity contribution in [2.45, 2.75) is 0 Å². The summed E-state index contributed by atoms with van der Waals surface area (Å²) in [6.07, 6.45) is 3.23. The van der Waals surface area contributed by atoms with Crippen molar-refractivity contribution in [2.24, 2.45) is 0 Å². The van der Waals surface area contributed by atoms with E-state index in [-0.39, 0.29) is 10.8 Å². The van der Waals surface area contributed by atoms with Crippen LogP contribution in [0.25, 0.3) is 55.2 Å². The highest BCUT2D eigenvalue weighted by Crippen LogP contribution is 2.36. The van der Waals surface area contributed by atoms with E-state index < -0.39 is 68.1 Å². The third-order valence-electron chi connectivity index (χ3n) is 6.70. The van der Waals surface area contributed by atoms with Gasteiger partial charge in [-0.05, 0) is 32.7 Å². The molecule has 0 unspecified atom stereocenters. The standard InChI is InChI=1S/C30H12F8/c31-23-19-11-9-15-13(3-1-5-17(15)21(19)25(33)29(37)27(23)35)7-8-14-4-2-6-18-16(14)10-12-20-22(18)26(34)30(38)28(36)24(20)32/h1-12H/b8-7+. The van der Waals surface area contributed by atoms with Crippen molar-refractivity contribution in [1.82, 2.24) is 0 Å². The lowest BCUT2D eigenvalue weighted by Crippen LogP contribution is -1.99. The molecule has 8 heteroatoms. The maximum absolute atomic E-state index is 14.7. The predicted octanol–water partition coefficient (Wildman–Crippen LogP) is 9.58. The van der Waals surface area contributed by atoms with Gasteiger partial charge in [0.05, 0.1) is 0 Å². The molecule has 0 aliphatic rings. The molecule has 6 rings (SSSR count). The van der Waals surface area contributed by atoms with E-state index in [2.05, 4.69) is 0 Å². The second-order valence-corrected chi connectivity index (χ2v) is 8.71. The summed E-state index contributed by atoms with van der Waals surface area (Å²) >= 11 is 0. The molecule has 0 bridgehead atoms. The van der Waals surface area contributed by atoms with Crippen LogP contribution in [-0.4, -0.2) is 0 Å². The van der Waals surface area contributed by atoms with Gasteiger partial charge >= 0.3 is 0 Å². The first-order valence-corrected chi connectivity index (χ1v) is 11.2. The first kappa shape index (κ1) is 23.9. The lowest BCUT2D eigenvalue weighted by Gasteiger charge is -2.11. The molecular formula is C30H12F8. The number of benzene rings is 6. The molecule has 0 amide bonds.